The number of para-hydroxylation sites is 2. The smallest absolute Gasteiger partial charge is 0.227 e. The molecule has 0 radical (unpaired) electrons. The summed E-state index contributed by atoms with van der Waals surface area (Å²) in [4.78, 5) is 17.3. The van der Waals surface area contributed by atoms with E-state index >= 15 is 0 Å². The Kier molecular flexibility index (Phi) is 5.37. The summed E-state index contributed by atoms with van der Waals surface area (Å²) in [5.41, 5.74) is 2.80. The van der Waals surface area contributed by atoms with Crippen molar-refractivity contribution in [1.82, 2.24) is 10.3 Å². The lowest BCUT2D eigenvalue weighted by atomic mass is 9.88. The van der Waals surface area contributed by atoms with Crippen molar-refractivity contribution in [3.63, 3.8) is 0 Å². The Morgan fingerprint density at radius 3 is 2.64 bits per heavy atom. The van der Waals surface area contributed by atoms with Gasteiger partial charge in [0.15, 0.2) is 0 Å². The topological polar surface area (TPSA) is 54.0 Å². The normalized spacial score (nSPS) is 15.2. The van der Waals surface area contributed by atoms with E-state index in [2.05, 4.69) is 16.7 Å². The summed E-state index contributed by atoms with van der Waals surface area (Å²) < 4.78 is 1.16. The van der Waals surface area contributed by atoms with Gasteiger partial charge in [0.1, 0.15) is 5.01 Å². The van der Waals surface area contributed by atoms with Gasteiger partial charge in [-0.2, -0.15) is 0 Å². The molecular weight excluding hydrogens is 354 g/mol. The van der Waals surface area contributed by atoms with E-state index in [0.717, 1.165) is 39.6 Å². The van der Waals surface area contributed by atoms with Crippen molar-refractivity contribution in [3.05, 3.63) is 48.5 Å². The highest BCUT2D eigenvalue weighted by atomic mass is 35.5. The SMILES string of the molecule is CC(C(=O)Nc1ccccc1-c1nc2ccccc2s1)C1CNC1.Cl. The summed E-state index contributed by atoms with van der Waals surface area (Å²) in [5.74, 6) is 0.518. The van der Waals surface area contributed by atoms with E-state index in [0.29, 0.717) is 5.92 Å². The molecule has 25 heavy (non-hydrogen) atoms. The molecule has 1 atom stereocenters. The van der Waals surface area contributed by atoms with Crippen molar-refractivity contribution in [2.45, 2.75) is 6.92 Å². The molecule has 4 nitrogen and oxygen atoms in total. The maximum Gasteiger partial charge on any atom is 0.227 e. The minimum atomic E-state index is 0. The number of nitrogens with zero attached hydrogens (tertiary/aromatic N) is 1. The van der Waals surface area contributed by atoms with Crippen molar-refractivity contribution in [3.8, 4) is 10.6 Å². The number of hydrogen-bond acceptors (Lipinski definition) is 4. The van der Waals surface area contributed by atoms with Crippen LogP contribution in [0.5, 0.6) is 0 Å². The molecule has 0 bridgehead atoms. The standard InChI is InChI=1S/C19H19N3OS.ClH/c1-12(13-10-20-11-13)18(23)21-15-7-3-2-6-14(15)19-22-16-8-4-5-9-17(16)24-19;/h2-9,12-13,20H,10-11H2,1H3,(H,21,23);1H. The van der Waals surface area contributed by atoms with Gasteiger partial charge in [-0.05, 0) is 43.3 Å². The van der Waals surface area contributed by atoms with Crippen molar-refractivity contribution in [1.29, 1.82) is 0 Å². The Morgan fingerprint density at radius 2 is 1.92 bits per heavy atom. The molecule has 1 saturated heterocycles. The van der Waals surface area contributed by atoms with Crippen LogP contribution in [0.4, 0.5) is 5.69 Å². The van der Waals surface area contributed by atoms with Gasteiger partial charge < -0.3 is 10.6 Å². The van der Waals surface area contributed by atoms with Gasteiger partial charge in [0.25, 0.3) is 0 Å². The van der Waals surface area contributed by atoms with E-state index in [4.69, 9.17) is 4.98 Å². The van der Waals surface area contributed by atoms with E-state index in [1.807, 2.05) is 49.4 Å². The molecular formula is C19H20ClN3OS. The van der Waals surface area contributed by atoms with Crippen molar-refractivity contribution >= 4 is 45.6 Å². The zero-order valence-corrected chi connectivity index (χ0v) is 15.5. The van der Waals surface area contributed by atoms with Crippen molar-refractivity contribution < 1.29 is 4.79 Å². The van der Waals surface area contributed by atoms with Crippen LogP contribution in [0, 0.1) is 11.8 Å². The zero-order chi connectivity index (χ0) is 16.5. The number of carbonyl (C=O) groups excluding carboxylic acids is 1. The minimum absolute atomic E-state index is 0. The fourth-order valence-corrected chi connectivity index (χ4v) is 3.90. The number of benzene rings is 2. The fraction of sp³-hybridized carbons (Fsp3) is 0.263. The van der Waals surface area contributed by atoms with Gasteiger partial charge in [0, 0.05) is 11.5 Å². The number of thiazole rings is 1. The first-order chi connectivity index (χ1) is 11.7. The van der Waals surface area contributed by atoms with Crippen LogP contribution in [0.25, 0.3) is 20.8 Å². The molecule has 2 aromatic carbocycles. The third-order valence-corrected chi connectivity index (χ3v) is 5.71. The second-order valence-corrected chi connectivity index (χ2v) is 7.26. The lowest BCUT2D eigenvalue weighted by molar-refractivity contribution is -0.121. The third kappa shape index (κ3) is 3.54. The first-order valence-electron chi connectivity index (χ1n) is 8.19. The molecule has 1 unspecified atom stereocenters. The van der Waals surface area contributed by atoms with Gasteiger partial charge in [0.2, 0.25) is 5.91 Å². The molecule has 1 fully saturated rings. The predicted octanol–water partition coefficient (Wildman–Crippen LogP) is 4.18. The minimum Gasteiger partial charge on any atom is -0.325 e. The Bertz CT molecular complexity index is 858. The van der Waals surface area contributed by atoms with Crippen LogP contribution in [0.2, 0.25) is 0 Å². The van der Waals surface area contributed by atoms with Gasteiger partial charge >= 0.3 is 0 Å². The summed E-state index contributed by atoms with van der Waals surface area (Å²) in [6, 6.07) is 16.0. The van der Waals surface area contributed by atoms with Crippen LogP contribution in [0.15, 0.2) is 48.5 Å². The Hall–Kier alpha value is -1.95. The van der Waals surface area contributed by atoms with E-state index in [-0.39, 0.29) is 24.2 Å². The number of amides is 1. The van der Waals surface area contributed by atoms with Crippen molar-refractivity contribution in [2.75, 3.05) is 18.4 Å². The molecule has 0 saturated carbocycles. The van der Waals surface area contributed by atoms with Gasteiger partial charge in [0.05, 0.1) is 15.9 Å². The second-order valence-electron chi connectivity index (χ2n) is 6.23. The molecule has 6 heteroatoms. The number of rotatable bonds is 4. The molecule has 1 aromatic heterocycles. The Balaban J connectivity index is 0.00000182. The highest BCUT2D eigenvalue weighted by molar-refractivity contribution is 7.21. The second kappa shape index (κ2) is 7.52. The quantitative estimate of drug-likeness (QED) is 0.721. The molecule has 1 aliphatic rings. The Labute approximate surface area is 157 Å². The Morgan fingerprint density at radius 1 is 1.20 bits per heavy atom. The number of carbonyl (C=O) groups is 1. The largest absolute Gasteiger partial charge is 0.325 e. The maximum atomic E-state index is 12.5. The molecule has 1 amide bonds. The summed E-state index contributed by atoms with van der Waals surface area (Å²) in [6.45, 7) is 3.85. The highest BCUT2D eigenvalue weighted by Crippen LogP contribution is 2.34. The molecule has 130 valence electrons. The number of anilines is 1. The monoisotopic (exact) mass is 373 g/mol. The van der Waals surface area contributed by atoms with Gasteiger partial charge in [-0.1, -0.05) is 31.2 Å². The predicted molar refractivity (Wildman–Crippen MR) is 106 cm³/mol. The maximum absolute atomic E-state index is 12.5. The lowest BCUT2D eigenvalue weighted by Gasteiger charge is -2.31. The number of hydrogen-bond donors (Lipinski definition) is 2. The molecule has 4 rings (SSSR count). The van der Waals surface area contributed by atoms with Crippen LogP contribution in [-0.2, 0) is 4.79 Å². The molecule has 1 aliphatic heterocycles. The van der Waals surface area contributed by atoms with Crippen LogP contribution < -0.4 is 10.6 Å². The van der Waals surface area contributed by atoms with Gasteiger partial charge in [-0.25, -0.2) is 4.98 Å². The van der Waals surface area contributed by atoms with Gasteiger partial charge in [-0.3, -0.25) is 4.79 Å². The average Bonchev–Trinajstić information content (AvgIpc) is 2.97. The third-order valence-electron chi connectivity index (χ3n) is 4.64. The van der Waals surface area contributed by atoms with Crippen LogP contribution in [0.3, 0.4) is 0 Å². The lowest BCUT2D eigenvalue weighted by Crippen LogP contribution is -2.48. The van der Waals surface area contributed by atoms with Crippen LogP contribution >= 0.6 is 23.7 Å². The summed E-state index contributed by atoms with van der Waals surface area (Å²) in [5, 5.41) is 7.26. The van der Waals surface area contributed by atoms with E-state index in [1.54, 1.807) is 11.3 Å². The molecule has 2 heterocycles. The van der Waals surface area contributed by atoms with Crippen LogP contribution in [0.1, 0.15) is 6.92 Å². The molecule has 3 aromatic rings. The summed E-state index contributed by atoms with van der Waals surface area (Å²) >= 11 is 1.65. The molecule has 0 spiro atoms. The summed E-state index contributed by atoms with van der Waals surface area (Å²) in [7, 11) is 0. The summed E-state index contributed by atoms with van der Waals surface area (Å²) in [6.07, 6.45) is 0. The number of fused-ring (bicyclic) bond motifs is 1. The number of halogens is 1. The van der Waals surface area contributed by atoms with E-state index in [9.17, 15) is 4.79 Å². The average molecular weight is 374 g/mol. The highest BCUT2D eigenvalue weighted by Gasteiger charge is 2.29. The number of aromatic nitrogens is 1. The molecule has 2 N–H and O–H groups in total. The van der Waals surface area contributed by atoms with E-state index in [1.165, 1.54) is 0 Å². The van der Waals surface area contributed by atoms with Crippen molar-refractivity contribution in [2.24, 2.45) is 11.8 Å². The molecule has 0 aliphatic carbocycles. The first kappa shape index (κ1) is 17.9. The van der Waals surface area contributed by atoms with E-state index < -0.39 is 0 Å². The fourth-order valence-electron chi connectivity index (χ4n) is 2.89. The number of nitrogens with one attached hydrogen (secondary N) is 2. The van der Waals surface area contributed by atoms with Gasteiger partial charge in [-0.15, -0.1) is 23.7 Å². The first-order valence-corrected chi connectivity index (χ1v) is 9.00. The zero-order valence-electron chi connectivity index (χ0n) is 13.9. The van der Waals surface area contributed by atoms with Crippen LogP contribution in [-0.4, -0.2) is 24.0 Å².